The third-order valence-corrected chi connectivity index (χ3v) is 5.50. The third kappa shape index (κ3) is 3.61. The molecule has 0 radical (unpaired) electrons. The summed E-state index contributed by atoms with van der Waals surface area (Å²) in [6, 6.07) is 0.273. The molecule has 1 atom stereocenters. The van der Waals surface area contributed by atoms with Crippen molar-refractivity contribution in [3.8, 4) is 0 Å². The zero-order valence-corrected chi connectivity index (χ0v) is 10.8. The maximum Gasteiger partial charge on any atom is 0.0889 e. The normalized spacial score (nSPS) is 18.2. The van der Waals surface area contributed by atoms with Crippen LogP contribution in [-0.2, 0) is 0 Å². The molecule has 13 heavy (non-hydrogen) atoms. The SMILES string of the molecule is CCC(O)(C=NC(C)C)[Si](C)(C)C. The fraction of sp³-hybridized carbons (Fsp3) is 0.900. The molecule has 0 aromatic heterocycles. The molecule has 3 heteroatoms. The first-order valence-electron chi connectivity index (χ1n) is 4.99. The van der Waals surface area contributed by atoms with Gasteiger partial charge in [-0.3, -0.25) is 4.99 Å². The van der Waals surface area contributed by atoms with Crippen LogP contribution in [0.4, 0.5) is 0 Å². The van der Waals surface area contributed by atoms with Gasteiger partial charge in [-0.25, -0.2) is 0 Å². The molecule has 1 unspecified atom stereocenters. The van der Waals surface area contributed by atoms with Gasteiger partial charge in [-0.15, -0.1) is 0 Å². The topological polar surface area (TPSA) is 32.6 Å². The van der Waals surface area contributed by atoms with E-state index < -0.39 is 13.3 Å². The quantitative estimate of drug-likeness (QED) is 0.550. The Bertz CT molecular complexity index is 184. The Morgan fingerprint density at radius 3 is 2.08 bits per heavy atom. The highest BCUT2D eigenvalue weighted by molar-refractivity contribution is 6.81. The summed E-state index contributed by atoms with van der Waals surface area (Å²) in [6.45, 7) is 12.6. The Labute approximate surface area is 83.1 Å². The summed E-state index contributed by atoms with van der Waals surface area (Å²) in [7, 11) is -1.57. The van der Waals surface area contributed by atoms with E-state index in [4.69, 9.17) is 0 Å². The van der Waals surface area contributed by atoms with Gasteiger partial charge in [0.2, 0.25) is 0 Å². The van der Waals surface area contributed by atoms with Gasteiger partial charge in [0, 0.05) is 12.3 Å². The van der Waals surface area contributed by atoms with Crippen molar-refractivity contribution in [2.24, 2.45) is 4.99 Å². The Morgan fingerprint density at radius 2 is 1.85 bits per heavy atom. The fourth-order valence-electron chi connectivity index (χ4n) is 1.09. The van der Waals surface area contributed by atoms with Crippen molar-refractivity contribution >= 4 is 14.3 Å². The first kappa shape index (κ1) is 12.8. The summed E-state index contributed by atoms with van der Waals surface area (Å²) >= 11 is 0. The summed E-state index contributed by atoms with van der Waals surface area (Å²) in [5.41, 5.74) is 0. The molecule has 0 heterocycles. The van der Waals surface area contributed by atoms with E-state index in [0.29, 0.717) is 0 Å². The van der Waals surface area contributed by atoms with E-state index in [0.717, 1.165) is 6.42 Å². The van der Waals surface area contributed by atoms with Crippen LogP contribution in [0.15, 0.2) is 4.99 Å². The highest BCUT2D eigenvalue weighted by Gasteiger charge is 2.38. The van der Waals surface area contributed by atoms with E-state index >= 15 is 0 Å². The molecule has 0 aromatic rings. The van der Waals surface area contributed by atoms with Crippen LogP contribution in [-0.4, -0.2) is 30.7 Å². The van der Waals surface area contributed by atoms with Crippen LogP contribution in [0, 0.1) is 0 Å². The molecule has 0 rings (SSSR count). The van der Waals surface area contributed by atoms with Gasteiger partial charge in [0.25, 0.3) is 0 Å². The van der Waals surface area contributed by atoms with Crippen LogP contribution in [0.2, 0.25) is 19.6 Å². The lowest BCUT2D eigenvalue weighted by molar-refractivity contribution is 0.186. The predicted molar refractivity (Wildman–Crippen MR) is 62.2 cm³/mol. The van der Waals surface area contributed by atoms with Gasteiger partial charge in [-0.2, -0.15) is 0 Å². The van der Waals surface area contributed by atoms with E-state index in [1.165, 1.54) is 0 Å². The minimum Gasteiger partial charge on any atom is -0.388 e. The highest BCUT2D eigenvalue weighted by Crippen LogP contribution is 2.22. The van der Waals surface area contributed by atoms with Crippen molar-refractivity contribution in [1.82, 2.24) is 0 Å². The minimum absolute atomic E-state index is 0.273. The van der Waals surface area contributed by atoms with Crippen LogP contribution < -0.4 is 0 Å². The second-order valence-electron chi connectivity index (χ2n) is 4.90. The van der Waals surface area contributed by atoms with Crippen molar-refractivity contribution in [3.63, 3.8) is 0 Å². The van der Waals surface area contributed by atoms with Gasteiger partial charge in [0.05, 0.1) is 13.3 Å². The number of aliphatic hydroxyl groups is 1. The highest BCUT2D eigenvalue weighted by atomic mass is 28.3. The Morgan fingerprint density at radius 1 is 1.38 bits per heavy atom. The molecule has 0 saturated heterocycles. The van der Waals surface area contributed by atoms with Gasteiger partial charge in [-0.05, 0) is 20.3 Å². The molecule has 2 nitrogen and oxygen atoms in total. The number of hydrogen-bond donors (Lipinski definition) is 1. The molecular weight excluding hydrogens is 178 g/mol. The Hall–Kier alpha value is -0.153. The molecule has 0 saturated carbocycles. The summed E-state index contributed by atoms with van der Waals surface area (Å²) in [5, 5.41) is 9.68. The van der Waals surface area contributed by atoms with Gasteiger partial charge in [0.15, 0.2) is 0 Å². The second-order valence-corrected chi connectivity index (χ2v) is 10.3. The van der Waals surface area contributed by atoms with Crippen molar-refractivity contribution in [2.45, 2.75) is 58.1 Å². The van der Waals surface area contributed by atoms with Gasteiger partial charge in [-0.1, -0.05) is 26.6 Å². The maximum atomic E-state index is 10.3. The molecule has 0 amide bonds. The summed E-state index contributed by atoms with van der Waals surface area (Å²) < 4.78 is 0. The van der Waals surface area contributed by atoms with E-state index in [1.807, 2.05) is 20.8 Å². The van der Waals surface area contributed by atoms with E-state index in [9.17, 15) is 5.11 Å². The maximum absolute atomic E-state index is 10.3. The zero-order valence-electron chi connectivity index (χ0n) is 9.76. The Kier molecular flexibility index (Phi) is 4.32. The predicted octanol–water partition coefficient (Wildman–Crippen LogP) is 2.48. The third-order valence-electron chi connectivity index (χ3n) is 2.42. The zero-order chi connectivity index (χ0) is 10.7. The summed E-state index contributed by atoms with van der Waals surface area (Å²) in [6.07, 6.45) is 2.53. The first-order valence-corrected chi connectivity index (χ1v) is 8.49. The van der Waals surface area contributed by atoms with Crippen molar-refractivity contribution in [3.05, 3.63) is 0 Å². The smallest absolute Gasteiger partial charge is 0.0889 e. The molecule has 1 N–H and O–H groups in total. The van der Waals surface area contributed by atoms with Crippen LogP contribution >= 0.6 is 0 Å². The number of rotatable bonds is 4. The molecule has 0 aliphatic rings. The first-order chi connectivity index (χ1) is 5.73. The summed E-state index contributed by atoms with van der Waals surface area (Å²) in [4.78, 5) is 4.29. The van der Waals surface area contributed by atoms with Crippen molar-refractivity contribution in [2.75, 3.05) is 0 Å². The molecule has 0 aliphatic carbocycles. The van der Waals surface area contributed by atoms with Gasteiger partial charge >= 0.3 is 0 Å². The van der Waals surface area contributed by atoms with E-state index in [-0.39, 0.29) is 6.04 Å². The lowest BCUT2D eigenvalue weighted by atomic mass is 10.3. The van der Waals surface area contributed by atoms with Crippen molar-refractivity contribution in [1.29, 1.82) is 0 Å². The van der Waals surface area contributed by atoms with Crippen LogP contribution in [0.5, 0.6) is 0 Å². The van der Waals surface area contributed by atoms with Gasteiger partial charge < -0.3 is 5.11 Å². The van der Waals surface area contributed by atoms with Crippen LogP contribution in [0.1, 0.15) is 27.2 Å². The Balaban J connectivity index is 4.66. The summed E-state index contributed by atoms with van der Waals surface area (Å²) in [5.74, 6) is 0. The molecule has 0 aromatic carbocycles. The van der Waals surface area contributed by atoms with Gasteiger partial charge in [0.1, 0.15) is 0 Å². The average molecular weight is 201 g/mol. The molecular formula is C10H23NOSi. The lowest BCUT2D eigenvalue weighted by Crippen LogP contribution is -2.53. The minimum atomic E-state index is -1.57. The average Bonchev–Trinajstić information content (AvgIpc) is 1.98. The molecule has 0 fully saturated rings. The fourth-order valence-corrected chi connectivity index (χ4v) is 2.61. The van der Waals surface area contributed by atoms with E-state index in [2.05, 4.69) is 24.6 Å². The number of aliphatic imine (C=N–C) groups is 1. The number of hydrogen-bond acceptors (Lipinski definition) is 2. The lowest BCUT2D eigenvalue weighted by Gasteiger charge is -2.34. The van der Waals surface area contributed by atoms with E-state index in [1.54, 1.807) is 6.21 Å². The monoisotopic (exact) mass is 201 g/mol. The van der Waals surface area contributed by atoms with Crippen molar-refractivity contribution < 1.29 is 5.11 Å². The molecule has 0 aliphatic heterocycles. The number of nitrogens with zero attached hydrogens (tertiary/aromatic N) is 1. The standard InChI is InChI=1S/C10H23NOSi/c1-7-10(12,13(4,5)6)8-11-9(2)3/h8-9,12H,7H2,1-6H3. The second kappa shape index (κ2) is 4.38. The largest absolute Gasteiger partial charge is 0.388 e. The molecule has 0 bridgehead atoms. The molecule has 0 spiro atoms. The van der Waals surface area contributed by atoms with Crippen LogP contribution in [0.3, 0.4) is 0 Å². The van der Waals surface area contributed by atoms with Crippen LogP contribution in [0.25, 0.3) is 0 Å². The molecule has 78 valence electrons.